The van der Waals surface area contributed by atoms with Gasteiger partial charge in [-0.2, -0.15) is 0 Å². The number of halogens is 1. The first-order valence-electron chi connectivity index (χ1n) is 8.96. The van der Waals surface area contributed by atoms with Gasteiger partial charge in [0.25, 0.3) is 5.91 Å². The molecule has 1 amide bonds. The van der Waals surface area contributed by atoms with Crippen molar-refractivity contribution in [2.45, 2.75) is 13.3 Å². The number of nitrogens with one attached hydrogen (secondary N) is 2. The normalized spacial score (nSPS) is 10.4. The lowest BCUT2D eigenvalue weighted by Gasteiger charge is -2.11. The Morgan fingerprint density at radius 3 is 2.79 bits per heavy atom. The van der Waals surface area contributed by atoms with E-state index in [1.807, 2.05) is 37.3 Å². The molecule has 28 heavy (non-hydrogen) atoms. The molecule has 3 rings (SSSR count). The van der Waals surface area contributed by atoms with Crippen LogP contribution in [0.15, 0.2) is 60.8 Å². The number of hydrogen-bond donors (Lipinski definition) is 2. The highest BCUT2D eigenvalue weighted by Crippen LogP contribution is 2.23. The maximum atomic E-state index is 12.6. The van der Waals surface area contributed by atoms with Crippen LogP contribution in [0, 0.1) is 6.92 Å². The van der Waals surface area contributed by atoms with Gasteiger partial charge in [-0.25, -0.2) is 4.98 Å². The Morgan fingerprint density at radius 1 is 1.14 bits per heavy atom. The maximum Gasteiger partial charge on any atom is 0.255 e. The number of pyridine rings is 1. The molecule has 0 radical (unpaired) electrons. The Hall–Kier alpha value is -3.05. The van der Waals surface area contributed by atoms with Gasteiger partial charge in [-0.3, -0.25) is 4.79 Å². The smallest absolute Gasteiger partial charge is 0.255 e. The molecule has 0 saturated heterocycles. The van der Waals surface area contributed by atoms with Crippen LogP contribution in [-0.4, -0.2) is 24.5 Å². The molecule has 0 fully saturated rings. The summed E-state index contributed by atoms with van der Waals surface area (Å²) in [6, 6.07) is 16.8. The monoisotopic (exact) mass is 395 g/mol. The van der Waals surface area contributed by atoms with Crippen molar-refractivity contribution in [3.63, 3.8) is 0 Å². The van der Waals surface area contributed by atoms with Crippen LogP contribution in [0.1, 0.15) is 21.5 Å². The molecule has 0 aliphatic rings. The van der Waals surface area contributed by atoms with Crippen molar-refractivity contribution in [2.75, 3.05) is 24.3 Å². The minimum absolute atomic E-state index is 0.205. The molecule has 0 aliphatic carbocycles. The predicted molar refractivity (Wildman–Crippen MR) is 114 cm³/mol. The van der Waals surface area contributed by atoms with Crippen LogP contribution in [0.4, 0.5) is 11.5 Å². The van der Waals surface area contributed by atoms with Gasteiger partial charge in [0.05, 0.1) is 7.11 Å². The highest BCUT2D eigenvalue weighted by Gasteiger charge is 2.10. The Kier molecular flexibility index (Phi) is 6.50. The summed E-state index contributed by atoms with van der Waals surface area (Å²) < 4.78 is 5.24. The van der Waals surface area contributed by atoms with E-state index in [2.05, 4.69) is 21.7 Å². The highest BCUT2D eigenvalue weighted by molar-refractivity contribution is 6.31. The molecule has 5 nitrogen and oxygen atoms in total. The number of rotatable bonds is 7. The van der Waals surface area contributed by atoms with Crippen LogP contribution >= 0.6 is 11.6 Å². The second-order valence-electron chi connectivity index (χ2n) is 6.32. The van der Waals surface area contributed by atoms with Gasteiger partial charge < -0.3 is 15.4 Å². The second kappa shape index (κ2) is 9.24. The summed E-state index contributed by atoms with van der Waals surface area (Å²) in [5.74, 6) is 1.28. The third-order valence-corrected chi connectivity index (χ3v) is 4.80. The number of benzene rings is 2. The minimum atomic E-state index is -0.205. The number of methoxy groups -OCH3 is 1. The van der Waals surface area contributed by atoms with E-state index in [4.69, 9.17) is 16.3 Å². The van der Waals surface area contributed by atoms with Crippen molar-refractivity contribution >= 4 is 29.0 Å². The van der Waals surface area contributed by atoms with E-state index >= 15 is 0 Å². The molecule has 6 heteroatoms. The van der Waals surface area contributed by atoms with E-state index in [0.717, 1.165) is 23.3 Å². The van der Waals surface area contributed by atoms with Gasteiger partial charge in [-0.15, -0.1) is 0 Å². The van der Waals surface area contributed by atoms with Gasteiger partial charge in [-0.1, -0.05) is 29.8 Å². The van der Waals surface area contributed by atoms with Gasteiger partial charge in [0.15, 0.2) is 0 Å². The Bertz CT molecular complexity index is 976. The van der Waals surface area contributed by atoms with Crippen molar-refractivity contribution in [2.24, 2.45) is 0 Å². The largest absolute Gasteiger partial charge is 0.497 e. The van der Waals surface area contributed by atoms with Gasteiger partial charge in [0.2, 0.25) is 0 Å². The van der Waals surface area contributed by atoms with E-state index in [1.54, 1.807) is 31.5 Å². The molecule has 0 spiro atoms. The van der Waals surface area contributed by atoms with E-state index in [1.165, 1.54) is 0 Å². The quantitative estimate of drug-likeness (QED) is 0.593. The zero-order chi connectivity index (χ0) is 19.9. The van der Waals surface area contributed by atoms with Crippen molar-refractivity contribution in [1.29, 1.82) is 0 Å². The second-order valence-corrected chi connectivity index (χ2v) is 6.73. The summed E-state index contributed by atoms with van der Waals surface area (Å²) in [6.07, 6.45) is 2.44. The first-order valence-corrected chi connectivity index (χ1v) is 9.34. The van der Waals surface area contributed by atoms with Crippen LogP contribution in [0.2, 0.25) is 5.02 Å². The highest BCUT2D eigenvalue weighted by atomic mass is 35.5. The first-order chi connectivity index (χ1) is 13.6. The summed E-state index contributed by atoms with van der Waals surface area (Å²) in [5, 5.41) is 6.77. The zero-order valence-corrected chi connectivity index (χ0v) is 16.6. The zero-order valence-electron chi connectivity index (χ0n) is 15.8. The van der Waals surface area contributed by atoms with Crippen LogP contribution in [0.3, 0.4) is 0 Å². The molecule has 0 saturated carbocycles. The van der Waals surface area contributed by atoms with E-state index in [-0.39, 0.29) is 5.91 Å². The molecular weight excluding hydrogens is 374 g/mol. The molecule has 0 atom stereocenters. The van der Waals surface area contributed by atoms with Crippen molar-refractivity contribution in [3.8, 4) is 5.75 Å². The van der Waals surface area contributed by atoms with Gasteiger partial charge in [-0.05, 0) is 60.9 Å². The van der Waals surface area contributed by atoms with Crippen LogP contribution in [-0.2, 0) is 6.42 Å². The molecule has 0 aliphatic heterocycles. The molecule has 2 aromatic carbocycles. The van der Waals surface area contributed by atoms with Gasteiger partial charge in [0.1, 0.15) is 11.6 Å². The van der Waals surface area contributed by atoms with E-state index in [0.29, 0.717) is 28.6 Å². The number of amides is 1. The minimum Gasteiger partial charge on any atom is -0.497 e. The number of carbonyl (C=O) groups excluding carboxylic acids is 1. The fraction of sp³-hybridized carbons (Fsp3) is 0.182. The average molecular weight is 396 g/mol. The molecule has 1 aromatic heterocycles. The molecule has 144 valence electrons. The molecular formula is C22H22ClN3O2. The first kappa shape index (κ1) is 19.7. The lowest BCUT2D eigenvalue weighted by atomic mass is 10.1. The number of carbonyl (C=O) groups is 1. The molecule has 0 unspecified atom stereocenters. The standard InChI is InChI=1S/C22H22ClN3O2/c1-15-19(23)7-4-8-20(15)26-22(27)17-10-12-25-21(14-17)24-11-9-16-5-3-6-18(13-16)28-2/h3-8,10,12-14H,9,11H2,1-2H3,(H,24,25)(H,26,27). The molecule has 1 heterocycles. The van der Waals surface area contributed by atoms with Crippen LogP contribution in [0.5, 0.6) is 5.75 Å². The number of nitrogens with zero attached hydrogens (tertiary/aromatic N) is 1. The SMILES string of the molecule is COc1cccc(CCNc2cc(C(=O)Nc3cccc(Cl)c3C)ccn2)c1. The fourth-order valence-electron chi connectivity index (χ4n) is 2.77. The lowest BCUT2D eigenvalue weighted by Crippen LogP contribution is -2.14. The van der Waals surface area contributed by atoms with Crippen molar-refractivity contribution in [3.05, 3.63) is 82.5 Å². The summed E-state index contributed by atoms with van der Waals surface area (Å²) in [5.41, 5.74) is 3.22. The maximum absolute atomic E-state index is 12.6. The number of anilines is 2. The van der Waals surface area contributed by atoms with Gasteiger partial charge >= 0.3 is 0 Å². The molecule has 3 aromatic rings. The molecule has 0 bridgehead atoms. The molecule has 2 N–H and O–H groups in total. The van der Waals surface area contributed by atoms with Crippen molar-refractivity contribution < 1.29 is 9.53 Å². The third-order valence-electron chi connectivity index (χ3n) is 4.39. The number of ether oxygens (including phenoxy) is 1. The average Bonchev–Trinajstić information content (AvgIpc) is 2.72. The lowest BCUT2D eigenvalue weighted by molar-refractivity contribution is 0.102. The summed E-state index contributed by atoms with van der Waals surface area (Å²) in [7, 11) is 1.66. The number of hydrogen-bond acceptors (Lipinski definition) is 4. The predicted octanol–water partition coefficient (Wildman–Crippen LogP) is 4.96. The Labute approximate surface area is 169 Å². The number of aromatic nitrogens is 1. The summed E-state index contributed by atoms with van der Waals surface area (Å²) in [4.78, 5) is 16.9. The van der Waals surface area contributed by atoms with E-state index in [9.17, 15) is 4.79 Å². The Morgan fingerprint density at radius 2 is 1.96 bits per heavy atom. The third kappa shape index (κ3) is 5.02. The van der Waals surface area contributed by atoms with Gasteiger partial charge in [0, 0.05) is 29.0 Å². The summed E-state index contributed by atoms with van der Waals surface area (Å²) in [6.45, 7) is 2.56. The summed E-state index contributed by atoms with van der Waals surface area (Å²) >= 11 is 6.12. The fourth-order valence-corrected chi connectivity index (χ4v) is 2.94. The van der Waals surface area contributed by atoms with E-state index < -0.39 is 0 Å². The van der Waals surface area contributed by atoms with Crippen LogP contribution < -0.4 is 15.4 Å². The topological polar surface area (TPSA) is 63.2 Å². The van der Waals surface area contributed by atoms with Crippen LogP contribution in [0.25, 0.3) is 0 Å². The Balaban J connectivity index is 1.61. The van der Waals surface area contributed by atoms with Crippen molar-refractivity contribution in [1.82, 2.24) is 4.98 Å².